The summed E-state index contributed by atoms with van der Waals surface area (Å²) >= 11 is 0. The first-order valence-corrected chi connectivity index (χ1v) is 26.4. The van der Waals surface area contributed by atoms with E-state index in [2.05, 4.69) is 100 Å². The number of aromatic nitrogens is 4. The van der Waals surface area contributed by atoms with Crippen molar-refractivity contribution in [3.8, 4) is 22.3 Å². The topological polar surface area (TPSA) is 215 Å². The molecule has 6 heterocycles. The molecule has 6 aromatic rings. The fourth-order valence-corrected chi connectivity index (χ4v) is 14.9. The first-order valence-electron chi connectivity index (χ1n) is 26.4. The second kappa shape index (κ2) is 17.7. The molecule has 16 rings (SSSR count). The van der Waals surface area contributed by atoms with Gasteiger partial charge >= 0.3 is 12.2 Å². The summed E-state index contributed by atoms with van der Waals surface area (Å²) in [5.74, 6) is 1.29. The minimum absolute atomic E-state index is 0.105. The maximum Gasteiger partial charge on any atom is 0.407 e. The van der Waals surface area contributed by atoms with Gasteiger partial charge in [0.2, 0.25) is 11.8 Å². The van der Waals surface area contributed by atoms with Gasteiger partial charge in [-0.1, -0.05) is 68.3 Å². The third-order valence-electron chi connectivity index (χ3n) is 18.3. The van der Waals surface area contributed by atoms with Gasteiger partial charge in [-0.25, -0.2) is 19.6 Å². The third-order valence-corrected chi connectivity index (χ3v) is 18.3. The van der Waals surface area contributed by atoms with Crippen LogP contribution in [0.4, 0.5) is 9.59 Å². The molecule has 73 heavy (non-hydrogen) atoms. The molecular formula is C57H62N8O8. The van der Waals surface area contributed by atoms with Crippen molar-refractivity contribution < 1.29 is 38.9 Å². The number of amides is 4. The molecule has 10 aliphatic rings. The van der Waals surface area contributed by atoms with E-state index in [1.54, 1.807) is 0 Å². The Balaban J connectivity index is 0.771. The standard InChI is InChI=1S/C57H62N8O8/c1-27-20-31-13-11-28(21-38(31)32-16-18-40-42(23-32)60-52(58-40)44-25-34-6-4-8-36-48(34)64(44)54(68)46(50(36)66)62-56(70)72-2)10-12-29-14-15-30(27)22-39(29)33-17-19-41-43(24-33)61-53(59-41)45-26-35-7-5-9-37-49(35)65(45)55(69)47(51(37)67)63-57(71)73-3/h11,13-19,21-24,27,34-37,44-51,66-67H,4-10,12,20,25-26H2,1-3H3,(H,58,60)(H,59,61)(H,62,70)(H,63,71)/t27-,34+,35+,36?,37?,44+,45+,46+,47+,48-,49-,50-,51-/m1/s1. The van der Waals surface area contributed by atoms with Crippen molar-refractivity contribution in [2.45, 2.75) is 132 Å². The van der Waals surface area contributed by atoms with Crippen molar-refractivity contribution in [2.75, 3.05) is 14.2 Å². The zero-order chi connectivity index (χ0) is 50.0. The fourth-order valence-electron chi connectivity index (χ4n) is 14.9. The van der Waals surface area contributed by atoms with E-state index in [1.165, 1.54) is 47.6 Å². The summed E-state index contributed by atoms with van der Waals surface area (Å²) in [4.78, 5) is 74.2. The molecule has 0 radical (unpaired) electrons. The van der Waals surface area contributed by atoms with Gasteiger partial charge in [0.05, 0.1) is 60.6 Å². The van der Waals surface area contributed by atoms with Crippen LogP contribution in [0.3, 0.4) is 0 Å². The normalized spacial score (nSPS) is 31.3. The van der Waals surface area contributed by atoms with E-state index in [9.17, 15) is 29.4 Å². The number of ether oxygens (including phenoxy) is 2. The van der Waals surface area contributed by atoms with Gasteiger partial charge < -0.3 is 50.1 Å². The maximum absolute atomic E-state index is 14.2. The highest BCUT2D eigenvalue weighted by atomic mass is 16.5. The first-order chi connectivity index (χ1) is 35.4. The molecule has 13 atom stereocenters. The van der Waals surface area contributed by atoms with Crippen LogP contribution in [0, 0.1) is 23.7 Å². The number of H-pyrrole nitrogens is 2. The average molecular weight is 987 g/mol. The van der Waals surface area contributed by atoms with Crippen LogP contribution in [0.2, 0.25) is 0 Å². The Morgan fingerprint density at radius 2 is 1.16 bits per heavy atom. The molecular weight excluding hydrogens is 925 g/mol. The number of methoxy groups -OCH3 is 2. The largest absolute Gasteiger partial charge is 0.453 e. The molecule has 2 aromatic heterocycles. The van der Waals surface area contributed by atoms with E-state index in [-0.39, 0.29) is 65.6 Å². The number of benzene rings is 4. The Labute approximate surface area is 422 Å². The highest BCUT2D eigenvalue weighted by Gasteiger charge is 2.60. The van der Waals surface area contributed by atoms with Crippen LogP contribution < -0.4 is 10.6 Å². The Bertz CT molecular complexity index is 3220. The number of aryl methyl sites for hydroxylation is 2. The lowest BCUT2D eigenvalue weighted by molar-refractivity contribution is -0.154. The fraction of sp³-hybridized carbons (Fsp3) is 0.474. The predicted molar refractivity (Wildman–Crippen MR) is 271 cm³/mol. The number of imidazole rings is 2. The molecule has 0 spiro atoms. The molecule has 4 saturated heterocycles. The zero-order valence-corrected chi connectivity index (χ0v) is 41.3. The number of alkyl carbamates (subject to hydrolysis) is 2. The zero-order valence-electron chi connectivity index (χ0n) is 41.3. The molecule has 6 aliphatic carbocycles. The molecule has 4 aromatic carbocycles. The summed E-state index contributed by atoms with van der Waals surface area (Å²) in [6.07, 6.45) is 6.06. The molecule has 4 bridgehead atoms. The average Bonchev–Trinajstić information content (AvgIpc) is 4.22. The molecule has 4 amide bonds. The van der Waals surface area contributed by atoms with Crippen LogP contribution in [-0.2, 0) is 38.3 Å². The van der Waals surface area contributed by atoms with E-state index >= 15 is 0 Å². The highest BCUT2D eigenvalue weighted by molar-refractivity contribution is 5.90. The van der Waals surface area contributed by atoms with Gasteiger partial charge in [0, 0.05) is 23.9 Å². The number of nitrogens with zero attached hydrogens (tertiary/aromatic N) is 4. The number of piperidine rings is 2. The Kier molecular flexibility index (Phi) is 11.2. The maximum atomic E-state index is 14.2. The number of fused-ring (bicyclic) bond motifs is 2. The number of nitrogens with one attached hydrogen (secondary N) is 4. The minimum atomic E-state index is -1.07. The second-order valence-corrected chi connectivity index (χ2v) is 22.1. The minimum Gasteiger partial charge on any atom is -0.453 e. The summed E-state index contributed by atoms with van der Waals surface area (Å²) in [6, 6.07) is 23.7. The molecule has 6 N–H and O–H groups in total. The van der Waals surface area contributed by atoms with Crippen molar-refractivity contribution in [3.05, 3.63) is 107 Å². The molecule has 16 heteroatoms. The van der Waals surface area contributed by atoms with Crippen molar-refractivity contribution >= 4 is 46.1 Å². The summed E-state index contributed by atoms with van der Waals surface area (Å²) in [7, 11) is 2.52. The van der Waals surface area contributed by atoms with Gasteiger partial charge in [0.25, 0.3) is 0 Å². The van der Waals surface area contributed by atoms with E-state index in [0.29, 0.717) is 0 Å². The number of hydrogen-bond donors (Lipinski definition) is 6. The van der Waals surface area contributed by atoms with Crippen molar-refractivity contribution in [1.29, 1.82) is 0 Å². The number of aliphatic hydroxyl groups excluding tert-OH is 2. The molecule has 378 valence electrons. The van der Waals surface area contributed by atoms with Crippen LogP contribution in [0.15, 0.2) is 72.8 Å². The Morgan fingerprint density at radius 3 is 1.70 bits per heavy atom. The third kappa shape index (κ3) is 7.52. The van der Waals surface area contributed by atoms with Crippen LogP contribution in [0.5, 0.6) is 0 Å². The van der Waals surface area contributed by atoms with E-state index < -0.39 is 36.5 Å². The Morgan fingerprint density at radius 1 is 0.644 bits per heavy atom. The van der Waals surface area contributed by atoms with Crippen molar-refractivity contribution in [1.82, 2.24) is 40.4 Å². The quantitative estimate of drug-likeness (QED) is 0.0965. The van der Waals surface area contributed by atoms with Gasteiger partial charge in [0.1, 0.15) is 23.7 Å². The van der Waals surface area contributed by atoms with Gasteiger partial charge in [0.15, 0.2) is 0 Å². The lowest BCUT2D eigenvalue weighted by Crippen LogP contribution is -2.66. The van der Waals surface area contributed by atoms with Crippen LogP contribution in [0.25, 0.3) is 44.3 Å². The van der Waals surface area contributed by atoms with Crippen molar-refractivity contribution in [2.24, 2.45) is 23.7 Å². The second-order valence-electron chi connectivity index (χ2n) is 22.1. The monoisotopic (exact) mass is 986 g/mol. The Hall–Kier alpha value is -6.78. The first kappa shape index (κ1) is 46.0. The molecule has 2 saturated carbocycles. The summed E-state index contributed by atoms with van der Waals surface area (Å²) in [5.41, 5.74) is 13.0. The van der Waals surface area contributed by atoms with E-state index in [4.69, 9.17) is 19.4 Å². The van der Waals surface area contributed by atoms with Gasteiger partial charge in [-0.05, 0) is 144 Å². The lowest BCUT2D eigenvalue weighted by atomic mass is 9.71. The number of carbonyl (C=O) groups is 4. The number of rotatable bonds is 6. The predicted octanol–water partition coefficient (Wildman–Crippen LogP) is 7.53. The van der Waals surface area contributed by atoms with Crippen LogP contribution in [0.1, 0.15) is 110 Å². The molecule has 16 nitrogen and oxygen atoms in total. The summed E-state index contributed by atoms with van der Waals surface area (Å²) in [5, 5.41) is 28.0. The summed E-state index contributed by atoms with van der Waals surface area (Å²) in [6.45, 7) is 2.29. The van der Waals surface area contributed by atoms with Gasteiger partial charge in [-0.3, -0.25) is 9.59 Å². The molecule has 6 fully saturated rings. The smallest absolute Gasteiger partial charge is 0.407 e. The highest BCUT2D eigenvalue weighted by Crippen LogP contribution is 2.53. The van der Waals surface area contributed by atoms with Gasteiger partial charge in [-0.2, -0.15) is 0 Å². The summed E-state index contributed by atoms with van der Waals surface area (Å²) < 4.78 is 9.68. The molecule has 2 unspecified atom stereocenters. The number of aliphatic hydroxyl groups is 2. The van der Waals surface area contributed by atoms with E-state index in [1.807, 2.05) is 9.80 Å². The molecule has 4 aliphatic heterocycles. The number of hydrogen-bond acceptors (Lipinski definition) is 10. The lowest BCUT2D eigenvalue weighted by Gasteiger charge is -2.48. The van der Waals surface area contributed by atoms with Crippen LogP contribution in [-0.4, -0.2) is 115 Å². The number of carbonyl (C=O) groups excluding carboxylic acids is 4. The van der Waals surface area contributed by atoms with Crippen molar-refractivity contribution in [3.63, 3.8) is 0 Å². The SMILES string of the molecule is COC(=O)N[C@@H]1C(=O)N2[C@H](c3nc4ccc(-c5cc6ccc5CCc5ccc(c(-c7ccc8nc([C@@H]9C[C@@H]%10CCCC%11[C@@H](O)[C@H](NC(=O)OC)C(=O)N9[C@@H]%11%10)[nH]c8c7)c5)C[C@H]6C)cc4[nH]3)C[C@@H]3CCCC([C@H]1O)[C@@H]32. The van der Waals surface area contributed by atoms with Crippen LogP contribution >= 0.6 is 0 Å². The number of aromatic amines is 2. The van der Waals surface area contributed by atoms with Gasteiger partial charge in [-0.15, -0.1) is 0 Å². The van der Waals surface area contributed by atoms with E-state index in [0.717, 1.165) is 115 Å².